The molecule has 1 heteroatoms. The fourth-order valence-electron chi connectivity index (χ4n) is 0.902. The van der Waals surface area contributed by atoms with Crippen LogP contribution in [0.1, 0.15) is 40.5 Å². The van der Waals surface area contributed by atoms with Gasteiger partial charge < -0.3 is 0 Å². The Hall–Kier alpha value is -0.550. The molecule has 0 N–H and O–H groups in total. The van der Waals surface area contributed by atoms with Crippen molar-refractivity contribution in [3.8, 4) is 0 Å². The Morgan fingerprint density at radius 3 is 2.00 bits per heavy atom. The van der Waals surface area contributed by atoms with E-state index in [2.05, 4.69) is 20.8 Å². The van der Waals surface area contributed by atoms with Crippen LogP contribution in [0, 0.1) is 5.41 Å². The molecule has 0 rings (SSSR count). The van der Waals surface area contributed by atoms with E-state index < -0.39 is 0 Å². The fourth-order valence-corrected chi connectivity index (χ4v) is 0.902. The highest BCUT2D eigenvalue weighted by Crippen LogP contribution is 2.29. The summed E-state index contributed by atoms with van der Waals surface area (Å²) in [5.41, 5.74) is 0.950. The van der Waals surface area contributed by atoms with Crippen molar-refractivity contribution in [1.82, 2.24) is 0 Å². The Morgan fingerprint density at radius 2 is 1.90 bits per heavy atom. The largest absolute Gasteiger partial charge is 0.234 e. The van der Waals surface area contributed by atoms with Crippen LogP contribution in [-0.4, -0.2) is 5.94 Å². The first-order valence-corrected chi connectivity index (χ1v) is 3.83. The zero-order valence-corrected chi connectivity index (χ0v) is 7.32. The second-order valence-corrected chi connectivity index (χ2v) is 3.17. The molecule has 0 saturated carbocycles. The number of hydrogen-bond acceptors (Lipinski definition) is 1. The molecule has 0 unspecified atom stereocenters. The number of carbonyl (C=O) groups excluding carboxylic acids is 1. The highest BCUT2D eigenvalue weighted by Gasteiger charge is 2.20. The van der Waals surface area contributed by atoms with E-state index in [1.165, 1.54) is 0 Å². The van der Waals surface area contributed by atoms with Gasteiger partial charge in [0.15, 0.2) is 0 Å². The molecule has 0 bridgehead atoms. The lowest BCUT2D eigenvalue weighted by molar-refractivity contribution is 0.418. The average Bonchev–Trinajstić information content (AvgIpc) is 1.90. The Labute approximate surface area is 63.1 Å². The molecular weight excluding hydrogens is 124 g/mol. The zero-order chi connectivity index (χ0) is 8.20. The van der Waals surface area contributed by atoms with Crippen LogP contribution < -0.4 is 0 Å². The Morgan fingerprint density at radius 1 is 1.40 bits per heavy atom. The molecule has 1 nitrogen and oxygen atoms in total. The summed E-state index contributed by atoms with van der Waals surface area (Å²) >= 11 is 0. The maximum absolute atomic E-state index is 10.4. The van der Waals surface area contributed by atoms with E-state index in [-0.39, 0.29) is 5.41 Å². The van der Waals surface area contributed by atoms with Crippen molar-refractivity contribution in [2.24, 2.45) is 5.41 Å². The Kier molecular flexibility index (Phi) is 3.38. The third kappa shape index (κ3) is 2.00. The standard InChI is InChI=1S/C9H16O/c1-5-8(7-10)9(3,4)6-2/h5-6H2,1-4H3. The smallest absolute Gasteiger partial charge is 0.124 e. The summed E-state index contributed by atoms with van der Waals surface area (Å²) < 4.78 is 0. The Bertz CT molecular complexity index is 150. The van der Waals surface area contributed by atoms with E-state index in [9.17, 15) is 4.79 Å². The summed E-state index contributed by atoms with van der Waals surface area (Å²) in [6.07, 6.45) is 1.83. The van der Waals surface area contributed by atoms with E-state index in [1.54, 1.807) is 0 Å². The molecule has 0 amide bonds. The third-order valence-corrected chi connectivity index (χ3v) is 2.18. The van der Waals surface area contributed by atoms with Crippen LogP contribution in [0.2, 0.25) is 0 Å². The maximum atomic E-state index is 10.4. The molecular formula is C9H16O. The van der Waals surface area contributed by atoms with Crippen molar-refractivity contribution < 1.29 is 4.79 Å². The zero-order valence-electron chi connectivity index (χ0n) is 7.32. The molecule has 0 heterocycles. The van der Waals surface area contributed by atoms with Gasteiger partial charge in [-0.05, 0) is 18.3 Å². The van der Waals surface area contributed by atoms with Crippen molar-refractivity contribution in [2.45, 2.75) is 40.5 Å². The van der Waals surface area contributed by atoms with Crippen LogP contribution in [0.15, 0.2) is 5.57 Å². The van der Waals surface area contributed by atoms with Gasteiger partial charge in [-0.1, -0.05) is 27.7 Å². The lowest BCUT2D eigenvalue weighted by Crippen LogP contribution is -2.13. The summed E-state index contributed by atoms with van der Waals surface area (Å²) in [6, 6.07) is 0. The van der Waals surface area contributed by atoms with E-state index >= 15 is 0 Å². The molecule has 0 aliphatic rings. The van der Waals surface area contributed by atoms with Gasteiger partial charge in [-0.25, -0.2) is 4.79 Å². The molecule has 0 atom stereocenters. The van der Waals surface area contributed by atoms with Gasteiger partial charge in [0.1, 0.15) is 5.94 Å². The fraction of sp³-hybridized carbons (Fsp3) is 0.778. The van der Waals surface area contributed by atoms with Crippen LogP contribution in [0.5, 0.6) is 0 Å². The number of rotatable bonds is 3. The quantitative estimate of drug-likeness (QED) is 0.551. The van der Waals surface area contributed by atoms with E-state index in [0.29, 0.717) is 0 Å². The molecule has 58 valence electrons. The van der Waals surface area contributed by atoms with Gasteiger partial charge in [0.05, 0.1) is 0 Å². The van der Waals surface area contributed by atoms with Crippen LogP contribution in [-0.2, 0) is 4.79 Å². The predicted molar refractivity (Wildman–Crippen MR) is 43.6 cm³/mol. The van der Waals surface area contributed by atoms with E-state index in [0.717, 1.165) is 18.4 Å². The number of allylic oxidation sites excluding steroid dienone is 1. The molecule has 0 spiro atoms. The minimum absolute atomic E-state index is 0.0521. The predicted octanol–water partition coefficient (Wildman–Crippen LogP) is 2.59. The molecule has 0 radical (unpaired) electrons. The summed E-state index contributed by atoms with van der Waals surface area (Å²) in [4.78, 5) is 10.4. The molecule has 0 aliphatic heterocycles. The molecule has 0 aliphatic carbocycles. The third-order valence-electron chi connectivity index (χ3n) is 2.18. The van der Waals surface area contributed by atoms with Crippen LogP contribution in [0.4, 0.5) is 0 Å². The van der Waals surface area contributed by atoms with E-state index in [1.807, 2.05) is 12.9 Å². The van der Waals surface area contributed by atoms with Crippen molar-refractivity contribution in [3.63, 3.8) is 0 Å². The molecule has 0 aromatic carbocycles. The van der Waals surface area contributed by atoms with Crippen LogP contribution in [0.3, 0.4) is 0 Å². The molecule has 0 fully saturated rings. The van der Waals surface area contributed by atoms with Crippen LogP contribution in [0.25, 0.3) is 0 Å². The normalized spacial score (nSPS) is 10.8. The van der Waals surface area contributed by atoms with E-state index in [4.69, 9.17) is 0 Å². The average molecular weight is 140 g/mol. The second-order valence-electron chi connectivity index (χ2n) is 3.17. The molecule has 10 heavy (non-hydrogen) atoms. The van der Waals surface area contributed by atoms with Gasteiger partial charge in [0, 0.05) is 5.57 Å². The van der Waals surface area contributed by atoms with Crippen molar-refractivity contribution >= 4 is 5.94 Å². The van der Waals surface area contributed by atoms with Crippen LogP contribution >= 0.6 is 0 Å². The Balaban J connectivity index is 4.43. The van der Waals surface area contributed by atoms with Crippen molar-refractivity contribution in [3.05, 3.63) is 5.57 Å². The first kappa shape index (κ1) is 9.45. The highest BCUT2D eigenvalue weighted by atomic mass is 16.1. The maximum Gasteiger partial charge on any atom is 0.124 e. The monoisotopic (exact) mass is 140 g/mol. The SMILES string of the molecule is CCC(=C=O)C(C)(C)CC. The van der Waals surface area contributed by atoms with Gasteiger partial charge in [0.2, 0.25) is 0 Å². The topological polar surface area (TPSA) is 17.1 Å². The first-order valence-electron chi connectivity index (χ1n) is 3.83. The summed E-state index contributed by atoms with van der Waals surface area (Å²) in [5.74, 6) is 2.01. The van der Waals surface area contributed by atoms with Gasteiger partial charge in [-0.3, -0.25) is 0 Å². The van der Waals surface area contributed by atoms with Crippen molar-refractivity contribution in [2.75, 3.05) is 0 Å². The minimum atomic E-state index is 0.0521. The van der Waals surface area contributed by atoms with Gasteiger partial charge in [-0.2, -0.15) is 0 Å². The molecule has 0 aromatic heterocycles. The summed E-state index contributed by atoms with van der Waals surface area (Å²) in [6.45, 7) is 8.25. The highest BCUT2D eigenvalue weighted by molar-refractivity contribution is 5.54. The molecule has 0 aromatic rings. The molecule has 0 saturated heterocycles. The summed E-state index contributed by atoms with van der Waals surface area (Å²) in [7, 11) is 0. The second kappa shape index (κ2) is 3.58. The first-order chi connectivity index (χ1) is 4.58. The minimum Gasteiger partial charge on any atom is -0.234 e. The summed E-state index contributed by atoms with van der Waals surface area (Å²) in [5, 5.41) is 0. The van der Waals surface area contributed by atoms with Gasteiger partial charge in [-0.15, -0.1) is 0 Å². The lowest BCUT2D eigenvalue weighted by atomic mass is 9.81. The van der Waals surface area contributed by atoms with Crippen molar-refractivity contribution in [1.29, 1.82) is 0 Å². The van der Waals surface area contributed by atoms with Gasteiger partial charge in [0.25, 0.3) is 0 Å². The lowest BCUT2D eigenvalue weighted by Gasteiger charge is -2.22. The number of hydrogen-bond donors (Lipinski definition) is 0. The van der Waals surface area contributed by atoms with Gasteiger partial charge >= 0.3 is 0 Å².